The zero-order valence-electron chi connectivity index (χ0n) is 8.58. The van der Waals surface area contributed by atoms with E-state index >= 15 is 0 Å². The van der Waals surface area contributed by atoms with Crippen LogP contribution in [0.25, 0.3) is 0 Å². The Bertz CT molecular complexity index is 100. The van der Waals surface area contributed by atoms with Crippen molar-refractivity contribution < 1.29 is 2.85 Å². The predicted molar refractivity (Wildman–Crippen MR) is 54.5 cm³/mol. The maximum Gasteiger partial charge on any atom is 0 e. The summed E-state index contributed by atoms with van der Waals surface area (Å²) in [7, 11) is 0. The van der Waals surface area contributed by atoms with Crippen LogP contribution in [0.15, 0.2) is 11.1 Å². The summed E-state index contributed by atoms with van der Waals surface area (Å²) in [5.74, 6) is 0.722. The standard InChI is InChI=1S/C8H16.C2H6.2H2/c1-6(2)8(5)7(3)4;1-2;;/h6H,1-5H3;1-2H3;2*1H. The van der Waals surface area contributed by atoms with Crippen molar-refractivity contribution in [2.75, 3.05) is 0 Å². The van der Waals surface area contributed by atoms with Gasteiger partial charge in [-0.2, -0.15) is 0 Å². The summed E-state index contributed by atoms with van der Waals surface area (Å²) in [5, 5.41) is 0. The average Bonchev–Trinajstić information content (AvgIpc) is 1.90. The summed E-state index contributed by atoms with van der Waals surface area (Å²) in [5.41, 5.74) is 2.98. The SMILES string of the molecule is CC.CC(C)=C(C)C(C)C.[HH].[HH]. The predicted octanol–water partition coefficient (Wildman–Crippen LogP) is 4.52. The lowest BCUT2D eigenvalue weighted by molar-refractivity contribution is 0.756. The van der Waals surface area contributed by atoms with Gasteiger partial charge in [0.15, 0.2) is 0 Å². The van der Waals surface area contributed by atoms with Crippen LogP contribution in [-0.4, -0.2) is 0 Å². The number of allylic oxidation sites excluding steroid dienone is 2. The third kappa shape index (κ3) is 5.87. The van der Waals surface area contributed by atoms with Gasteiger partial charge < -0.3 is 0 Å². The Labute approximate surface area is 69.3 Å². The molecule has 0 bridgehead atoms. The second-order valence-corrected chi connectivity index (χ2v) is 2.84. The van der Waals surface area contributed by atoms with Crippen LogP contribution in [-0.2, 0) is 0 Å². The van der Waals surface area contributed by atoms with Crippen LogP contribution in [0.3, 0.4) is 0 Å². The second kappa shape index (κ2) is 6.85. The summed E-state index contributed by atoms with van der Waals surface area (Å²) in [6.07, 6.45) is 0. The van der Waals surface area contributed by atoms with Gasteiger partial charge in [-0.3, -0.25) is 0 Å². The van der Waals surface area contributed by atoms with Gasteiger partial charge in [0.05, 0.1) is 0 Å². The van der Waals surface area contributed by atoms with Gasteiger partial charge in [0.25, 0.3) is 0 Å². The van der Waals surface area contributed by atoms with E-state index in [0.29, 0.717) is 0 Å². The summed E-state index contributed by atoms with van der Waals surface area (Å²) in [4.78, 5) is 0. The zero-order chi connectivity index (χ0) is 8.73. The van der Waals surface area contributed by atoms with Crippen LogP contribution in [0, 0.1) is 5.92 Å². The van der Waals surface area contributed by atoms with E-state index in [1.54, 1.807) is 0 Å². The molecule has 0 fully saturated rings. The van der Waals surface area contributed by atoms with E-state index in [-0.39, 0.29) is 2.85 Å². The van der Waals surface area contributed by atoms with Gasteiger partial charge in [-0.05, 0) is 26.7 Å². The maximum absolute atomic E-state index is 2.22. The van der Waals surface area contributed by atoms with Crippen LogP contribution in [0.2, 0.25) is 0 Å². The molecule has 0 amide bonds. The molecule has 0 atom stereocenters. The highest BCUT2D eigenvalue weighted by Gasteiger charge is 1.95. The molecule has 0 aliphatic carbocycles. The quantitative estimate of drug-likeness (QED) is 0.477. The van der Waals surface area contributed by atoms with Crippen LogP contribution < -0.4 is 0 Å². The molecule has 0 aromatic heterocycles. The molecule has 0 saturated carbocycles. The molecule has 0 heteroatoms. The number of hydrogen-bond acceptors (Lipinski definition) is 0. The molecule has 0 nitrogen and oxygen atoms in total. The number of rotatable bonds is 1. The summed E-state index contributed by atoms with van der Waals surface area (Å²) < 4.78 is 0. The van der Waals surface area contributed by atoms with Gasteiger partial charge in [0.2, 0.25) is 0 Å². The van der Waals surface area contributed by atoms with E-state index in [4.69, 9.17) is 0 Å². The third-order valence-corrected chi connectivity index (χ3v) is 1.65. The first-order valence-electron chi connectivity index (χ1n) is 4.19. The van der Waals surface area contributed by atoms with Gasteiger partial charge in [0.1, 0.15) is 0 Å². The van der Waals surface area contributed by atoms with Crippen molar-refractivity contribution >= 4 is 0 Å². The Kier molecular flexibility index (Phi) is 8.51. The Balaban J connectivity index is -0.0000000740. The molecule has 0 saturated heterocycles. The van der Waals surface area contributed by atoms with Gasteiger partial charge in [0, 0.05) is 2.85 Å². The fraction of sp³-hybridized carbons (Fsp3) is 0.800. The summed E-state index contributed by atoms with van der Waals surface area (Å²) in [6.45, 7) is 15.0. The fourth-order valence-corrected chi connectivity index (χ4v) is 0.577. The molecule has 0 unspecified atom stereocenters. The van der Waals surface area contributed by atoms with Crippen molar-refractivity contribution in [2.45, 2.75) is 48.5 Å². The molecule has 0 aromatic carbocycles. The Morgan fingerprint density at radius 2 is 1.30 bits per heavy atom. The highest BCUT2D eigenvalue weighted by atomic mass is 14.0. The lowest BCUT2D eigenvalue weighted by Gasteiger charge is -2.05. The highest BCUT2D eigenvalue weighted by Crippen LogP contribution is 2.11. The average molecular weight is 146 g/mol. The molecule has 0 radical (unpaired) electrons. The summed E-state index contributed by atoms with van der Waals surface area (Å²) in [6, 6.07) is 0. The monoisotopic (exact) mass is 146 g/mol. The molecule has 66 valence electrons. The molecule has 0 spiro atoms. The smallest absolute Gasteiger partial charge is 0 e. The van der Waals surface area contributed by atoms with Gasteiger partial charge >= 0.3 is 0 Å². The van der Waals surface area contributed by atoms with E-state index in [1.807, 2.05) is 13.8 Å². The molecule has 0 heterocycles. The minimum atomic E-state index is 0. The Morgan fingerprint density at radius 1 is 1.00 bits per heavy atom. The van der Waals surface area contributed by atoms with Crippen molar-refractivity contribution in [2.24, 2.45) is 5.92 Å². The summed E-state index contributed by atoms with van der Waals surface area (Å²) >= 11 is 0. The minimum absolute atomic E-state index is 0. The van der Waals surface area contributed by atoms with Crippen LogP contribution in [0.5, 0.6) is 0 Å². The Morgan fingerprint density at radius 3 is 1.30 bits per heavy atom. The molecular weight excluding hydrogens is 120 g/mol. The van der Waals surface area contributed by atoms with Gasteiger partial charge in [-0.25, -0.2) is 0 Å². The van der Waals surface area contributed by atoms with E-state index in [2.05, 4.69) is 34.6 Å². The van der Waals surface area contributed by atoms with Crippen molar-refractivity contribution in [1.29, 1.82) is 0 Å². The second-order valence-electron chi connectivity index (χ2n) is 2.84. The lowest BCUT2D eigenvalue weighted by Crippen LogP contribution is -1.89. The molecule has 0 aromatic rings. The van der Waals surface area contributed by atoms with Crippen LogP contribution in [0.1, 0.15) is 51.3 Å². The number of hydrogen-bond donors (Lipinski definition) is 0. The maximum atomic E-state index is 2.22. The first-order chi connectivity index (χ1) is 4.55. The molecule has 0 N–H and O–H groups in total. The third-order valence-electron chi connectivity index (χ3n) is 1.65. The molecule has 0 rings (SSSR count). The topological polar surface area (TPSA) is 0 Å². The molecule has 10 heavy (non-hydrogen) atoms. The Hall–Kier alpha value is -0.260. The minimum Gasteiger partial charge on any atom is -0.0773 e. The highest BCUT2D eigenvalue weighted by molar-refractivity contribution is 5.08. The first-order valence-corrected chi connectivity index (χ1v) is 4.19. The molecular formula is C10H26. The molecule has 0 aliphatic heterocycles. The van der Waals surface area contributed by atoms with Crippen LogP contribution in [0.4, 0.5) is 0 Å². The van der Waals surface area contributed by atoms with E-state index in [0.717, 1.165) is 5.92 Å². The normalized spacial score (nSPS) is 8.40. The van der Waals surface area contributed by atoms with E-state index in [9.17, 15) is 0 Å². The van der Waals surface area contributed by atoms with Crippen molar-refractivity contribution in [3.8, 4) is 0 Å². The van der Waals surface area contributed by atoms with Crippen LogP contribution >= 0.6 is 0 Å². The first kappa shape index (κ1) is 12.4. The fourth-order valence-electron chi connectivity index (χ4n) is 0.577. The molecule has 0 aliphatic rings. The zero-order valence-corrected chi connectivity index (χ0v) is 8.58. The lowest BCUT2D eigenvalue weighted by atomic mass is 10.0. The van der Waals surface area contributed by atoms with E-state index < -0.39 is 0 Å². The van der Waals surface area contributed by atoms with Gasteiger partial charge in [-0.15, -0.1) is 0 Å². The largest absolute Gasteiger partial charge is 0.0773 e. The van der Waals surface area contributed by atoms with Crippen molar-refractivity contribution in [3.05, 3.63) is 11.1 Å². The van der Waals surface area contributed by atoms with Gasteiger partial charge in [-0.1, -0.05) is 38.8 Å². The van der Waals surface area contributed by atoms with Crippen molar-refractivity contribution in [3.63, 3.8) is 0 Å². The van der Waals surface area contributed by atoms with E-state index in [1.165, 1.54) is 11.1 Å². The van der Waals surface area contributed by atoms with Crippen molar-refractivity contribution in [1.82, 2.24) is 0 Å².